The molecule has 0 saturated heterocycles. The van der Waals surface area contributed by atoms with Crippen molar-refractivity contribution >= 4 is 15.8 Å². The smallest absolute Gasteiger partial charge is 0.321 e. The third-order valence-electron chi connectivity index (χ3n) is 1.74. The molecule has 0 heterocycles. The predicted octanol–water partition coefficient (Wildman–Crippen LogP) is -0.531. The molecule has 0 saturated carbocycles. The lowest BCUT2D eigenvalue weighted by Gasteiger charge is -2.27. The molecule has 0 rings (SSSR count). The Bertz CT molecular complexity index is 294. The van der Waals surface area contributed by atoms with E-state index >= 15 is 0 Å². The topological polar surface area (TPSA) is 97.5 Å². The van der Waals surface area contributed by atoms with E-state index in [0.29, 0.717) is 0 Å². The number of carbonyl (C=O) groups is 1. The third-order valence-corrected chi connectivity index (χ3v) is 3.01. The fourth-order valence-electron chi connectivity index (χ4n) is 1.10. The maximum atomic E-state index is 10.9. The first-order chi connectivity index (χ1) is 5.56. The summed E-state index contributed by atoms with van der Waals surface area (Å²) in [5.41, 5.74) is 4.39. The lowest BCUT2D eigenvalue weighted by Crippen LogP contribution is -2.47. The number of carboxylic acids is 1. The summed E-state index contributed by atoms with van der Waals surface area (Å²) in [5, 5.41) is 8.59. The van der Waals surface area contributed by atoms with Gasteiger partial charge in [-0.3, -0.25) is 4.79 Å². The molecule has 78 valence electrons. The van der Waals surface area contributed by atoms with Crippen LogP contribution in [0, 0.1) is 5.41 Å². The Balaban J connectivity index is 4.68. The second kappa shape index (κ2) is 3.63. The van der Waals surface area contributed by atoms with Crippen molar-refractivity contribution in [1.82, 2.24) is 0 Å². The largest absolute Gasteiger partial charge is 0.480 e. The molecule has 0 aliphatic carbocycles. The second-order valence-corrected chi connectivity index (χ2v) is 6.01. The van der Waals surface area contributed by atoms with Crippen LogP contribution in [0.3, 0.4) is 0 Å². The highest BCUT2D eigenvalue weighted by atomic mass is 32.2. The Morgan fingerprint density at radius 3 is 2.15 bits per heavy atom. The molecule has 0 amide bonds. The number of hydrogen-bond donors (Lipinski definition) is 2. The molecule has 0 aromatic rings. The van der Waals surface area contributed by atoms with Crippen molar-refractivity contribution in [3.05, 3.63) is 0 Å². The van der Waals surface area contributed by atoms with E-state index in [4.69, 9.17) is 10.8 Å². The molecule has 1 atom stereocenters. The van der Waals surface area contributed by atoms with E-state index < -0.39 is 27.3 Å². The van der Waals surface area contributed by atoms with E-state index in [1.165, 1.54) is 13.8 Å². The van der Waals surface area contributed by atoms with Crippen LogP contribution >= 0.6 is 0 Å². The van der Waals surface area contributed by atoms with Gasteiger partial charge in [-0.2, -0.15) is 0 Å². The Morgan fingerprint density at radius 1 is 1.54 bits per heavy atom. The van der Waals surface area contributed by atoms with E-state index in [1.54, 1.807) is 0 Å². The molecule has 0 aromatic carbocycles. The van der Waals surface area contributed by atoms with Gasteiger partial charge in [-0.15, -0.1) is 0 Å². The molecule has 0 fully saturated rings. The van der Waals surface area contributed by atoms with Gasteiger partial charge in [-0.25, -0.2) is 8.42 Å². The van der Waals surface area contributed by atoms with Crippen LogP contribution in [-0.4, -0.2) is 37.5 Å². The molecule has 1 unspecified atom stereocenters. The van der Waals surface area contributed by atoms with Crippen molar-refractivity contribution in [2.45, 2.75) is 19.9 Å². The van der Waals surface area contributed by atoms with Gasteiger partial charge in [0.25, 0.3) is 0 Å². The molecule has 3 N–H and O–H groups in total. The Kier molecular flexibility index (Phi) is 3.46. The Morgan fingerprint density at radius 2 is 1.92 bits per heavy atom. The summed E-state index contributed by atoms with van der Waals surface area (Å²) in [6.07, 6.45) is 1.06. The number of carboxylic acid groups (broad SMARTS) is 1. The molecule has 0 bridgehead atoms. The molecule has 0 spiro atoms. The van der Waals surface area contributed by atoms with Crippen molar-refractivity contribution < 1.29 is 18.3 Å². The van der Waals surface area contributed by atoms with Crippen LogP contribution in [0.5, 0.6) is 0 Å². The maximum absolute atomic E-state index is 10.9. The number of aliphatic carboxylic acids is 1. The lowest BCUT2D eigenvalue weighted by molar-refractivity contribution is -0.140. The molecular weight excluding hydrogens is 194 g/mol. The normalized spacial score (nSPS) is 15.4. The van der Waals surface area contributed by atoms with Gasteiger partial charge in [0.1, 0.15) is 15.9 Å². The van der Waals surface area contributed by atoms with Gasteiger partial charge < -0.3 is 10.8 Å². The van der Waals surface area contributed by atoms with Crippen molar-refractivity contribution in [2.24, 2.45) is 11.1 Å². The van der Waals surface area contributed by atoms with Crippen LogP contribution in [-0.2, 0) is 14.6 Å². The lowest BCUT2D eigenvalue weighted by atomic mass is 9.87. The SMILES string of the molecule is CC(C)(CS(C)(=O)=O)C(N)C(=O)O. The molecule has 5 nitrogen and oxygen atoms in total. The standard InChI is InChI=1S/C7H15NO4S/c1-7(2,4-13(3,11)12)5(8)6(9)10/h5H,4,8H2,1-3H3,(H,9,10). The average Bonchev–Trinajstić information content (AvgIpc) is 1.80. The van der Waals surface area contributed by atoms with Crippen LogP contribution in [0.2, 0.25) is 0 Å². The molecule has 0 aromatic heterocycles. The van der Waals surface area contributed by atoms with Crippen LogP contribution in [0.25, 0.3) is 0 Å². The van der Waals surface area contributed by atoms with Gasteiger partial charge in [-0.1, -0.05) is 13.8 Å². The summed E-state index contributed by atoms with van der Waals surface area (Å²) < 4.78 is 21.9. The zero-order valence-electron chi connectivity index (χ0n) is 7.94. The van der Waals surface area contributed by atoms with Gasteiger partial charge in [-0.05, 0) is 0 Å². The fourth-order valence-corrected chi connectivity index (χ4v) is 2.63. The van der Waals surface area contributed by atoms with E-state index in [0.717, 1.165) is 6.26 Å². The van der Waals surface area contributed by atoms with Gasteiger partial charge in [0, 0.05) is 11.7 Å². The van der Waals surface area contributed by atoms with Gasteiger partial charge in [0.15, 0.2) is 0 Å². The number of sulfone groups is 1. The highest BCUT2D eigenvalue weighted by molar-refractivity contribution is 7.90. The van der Waals surface area contributed by atoms with E-state index in [-0.39, 0.29) is 5.75 Å². The summed E-state index contributed by atoms with van der Waals surface area (Å²) in [6, 6.07) is -1.16. The van der Waals surface area contributed by atoms with Gasteiger partial charge in [0.2, 0.25) is 0 Å². The molecule has 13 heavy (non-hydrogen) atoms. The first kappa shape index (κ1) is 12.4. The number of rotatable bonds is 4. The zero-order valence-corrected chi connectivity index (χ0v) is 8.76. The quantitative estimate of drug-likeness (QED) is 0.648. The first-order valence-electron chi connectivity index (χ1n) is 3.72. The van der Waals surface area contributed by atoms with Crippen molar-refractivity contribution in [2.75, 3.05) is 12.0 Å². The molecule has 0 aliphatic heterocycles. The van der Waals surface area contributed by atoms with E-state index in [9.17, 15) is 13.2 Å². The summed E-state index contributed by atoms with van der Waals surface area (Å²) >= 11 is 0. The van der Waals surface area contributed by atoms with Crippen LogP contribution in [0.4, 0.5) is 0 Å². The van der Waals surface area contributed by atoms with Gasteiger partial charge in [0.05, 0.1) is 5.75 Å². The number of nitrogens with two attached hydrogens (primary N) is 1. The highest BCUT2D eigenvalue weighted by Crippen LogP contribution is 2.21. The fraction of sp³-hybridized carbons (Fsp3) is 0.857. The molecular formula is C7H15NO4S. The minimum absolute atomic E-state index is 0.229. The predicted molar refractivity (Wildman–Crippen MR) is 49.1 cm³/mol. The van der Waals surface area contributed by atoms with E-state index in [1.807, 2.05) is 0 Å². The highest BCUT2D eigenvalue weighted by Gasteiger charge is 2.34. The average molecular weight is 209 g/mol. The zero-order chi connectivity index (χ0) is 10.9. The third kappa shape index (κ3) is 4.23. The van der Waals surface area contributed by atoms with Crippen molar-refractivity contribution in [3.8, 4) is 0 Å². The minimum atomic E-state index is -3.20. The summed E-state index contributed by atoms with van der Waals surface area (Å²) in [7, 11) is -3.20. The monoisotopic (exact) mass is 209 g/mol. The Labute approximate surface area is 77.8 Å². The number of hydrogen-bond acceptors (Lipinski definition) is 4. The molecule has 0 aliphatic rings. The minimum Gasteiger partial charge on any atom is -0.480 e. The van der Waals surface area contributed by atoms with Crippen LogP contribution in [0.15, 0.2) is 0 Å². The van der Waals surface area contributed by atoms with E-state index in [2.05, 4.69) is 0 Å². The van der Waals surface area contributed by atoms with Crippen LogP contribution in [0.1, 0.15) is 13.8 Å². The van der Waals surface area contributed by atoms with Crippen molar-refractivity contribution in [1.29, 1.82) is 0 Å². The van der Waals surface area contributed by atoms with Gasteiger partial charge >= 0.3 is 5.97 Å². The summed E-state index contributed by atoms with van der Waals surface area (Å²) in [5.74, 6) is -1.42. The molecule has 0 radical (unpaired) electrons. The van der Waals surface area contributed by atoms with Crippen molar-refractivity contribution in [3.63, 3.8) is 0 Å². The summed E-state index contributed by atoms with van der Waals surface area (Å²) in [4.78, 5) is 10.5. The first-order valence-corrected chi connectivity index (χ1v) is 5.78. The maximum Gasteiger partial charge on any atom is 0.321 e. The second-order valence-electron chi connectivity index (χ2n) is 3.87. The Hall–Kier alpha value is -0.620. The molecule has 6 heteroatoms. The summed E-state index contributed by atoms with van der Waals surface area (Å²) in [6.45, 7) is 3.04. The van der Waals surface area contributed by atoms with Crippen LogP contribution < -0.4 is 5.73 Å².